The van der Waals surface area contributed by atoms with Crippen LogP contribution in [0.1, 0.15) is 31.4 Å². The molecule has 0 aliphatic heterocycles. The van der Waals surface area contributed by atoms with E-state index in [0.717, 1.165) is 18.5 Å². The number of nitriles is 1. The van der Waals surface area contributed by atoms with Crippen LogP contribution in [-0.4, -0.2) is 13.0 Å². The van der Waals surface area contributed by atoms with Crippen LogP contribution in [0.3, 0.4) is 0 Å². The summed E-state index contributed by atoms with van der Waals surface area (Å²) < 4.78 is 0. The normalized spacial score (nSPS) is 14.9. The topological polar surface area (TPSA) is 44.1 Å². The molecule has 1 unspecified atom stereocenters. The van der Waals surface area contributed by atoms with Gasteiger partial charge < -0.3 is 4.90 Å². The maximum absolute atomic E-state index is 12.3. The molecule has 0 fully saturated rings. The van der Waals surface area contributed by atoms with Gasteiger partial charge in [0, 0.05) is 12.7 Å². The first-order chi connectivity index (χ1) is 9.04. The summed E-state index contributed by atoms with van der Waals surface area (Å²) in [4.78, 5) is 13.9. The number of carbonyl (C=O) groups excluding carboxylic acids is 1. The van der Waals surface area contributed by atoms with Crippen molar-refractivity contribution in [1.29, 1.82) is 5.26 Å². The smallest absolute Gasteiger partial charge is 0.244 e. The average Bonchev–Trinajstić information content (AvgIpc) is 2.85. The molecular formula is C16H20N2O. The van der Waals surface area contributed by atoms with Crippen molar-refractivity contribution in [2.75, 3.05) is 11.9 Å². The molecule has 2 rings (SSSR count). The average molecular weight is 256 g/mol. The highest BCUT2D eigenvalue weighted by Gasteiger charge is 2.26. The highest BCUT2D eigenvalue weighted by Crippen LogP contribution is 2.27. The van der Waals surface area contributed by atoms with Crippen molar-refractivity contribution in [2.45, 2.75) is 33.1 Å². The number of hydrogen-bond acceptors (Lipinski definition) is 2. The van der Waals surface area contributed by atoms with Gasteiger partial charge in [0.25, 0.3) is 0 Å². The SMILES string of the molecule is CC(C)C(C#N)C(=O)N(C)c1ccc2c(c1)CCC2. The number of nitrogens with zero attached hydrogens (tertiary/aromatic N) is 2. The lowest BCUT2D eigenvalue weighted by Gasteiger charge is -2.22. The molecule has 1 atom stereocenters. The molecule has 0 saturated carbocycles. The summed E-state index contributed by atoms with van der Waals surface area (Å²) >= 11 is 0. The van der Waals surface area contributed by atoms with Gasteiger partial charge in [-0.25, -0.2) is 0 Å². The minimum Gasteiger partial charge on any atom is -0.314 e. The third-order valence-electron chi connectivity index (χ3n) is 3.87. The van der Waals surface area contributed by atoms with Crippen molar-refractivity contribution in [3.63, 3.8) is 0 Å². The van der Waals surface area contributed by atoms with Gasteiger partial charge in [0.1, 0.15) is 5.92 Å². The summed E-state index contributed by atoms with van der Waals surface area (Å²) in [5.41, 5.74) is 3.63. The van der Waals surface area contributed by atoms with E-state index < -0.39 is 5.92 Å². The number of fused-ring (bicyclic) bond motifs is 1. The lowest BCUT2D eigenvalue weighted by atomic mass is 9.96. The van der Waals surface area contributed by atoms with Crippen molar-refractivity contribution in [3.05, 3.63) is 29.3 Å². The Morgan fingerprint density at radius 1 is 1.32 bits per heavy atom. The minimum atomic E-state index is -0.571. The fourth-order valence-electron chi connectivity index (χ4n) is 2.59. The van der Waals surface area contributed by atoms with Crippen molar-refractivity contribution in [1.82, 2.24) is 0 Å². The summed E-state index contributed by atoms with van der Waals surface area (Å²) in [6.07, 6.45) is 3.43. The monoisotopic (exact) mass is 256 g/mol. The Bertz CT molecular complexity index is 528. The lowest BCUT2D eigenvalue weighted by molar-refractivity contribution is -0.121. The number of rotatable bonds is 3. The Balaban J connectivity index is 2.22. The van der Waals surface area contributed by atoms with Crippen LogP contribution >= 0.6 is 0 Å². The van der Waals surface area contributed by atoms with Crippen LogP contribution < -0.4 is 4.90 Å². The summed E-state index contributed by atoms with van der Waals surface area (Å²) in [5, 5.41) is 9.12. The Morgan fingerprint density at radius 2 is 2.00 bits per heavy atom. The highest BCUT2D eigenvalue weighted by molar-refractivity contribution is 5.96. The van der Waals surface area contributed by atoms with Crippen LogP contribution in [0.2, 0.25) is 0 Å². The Hall–Kier alpha value is -1.82. The van der Waals surface area contributed by atoms with E-state index >= 15 is 0 Å². The van der Waals surface area contributed by atoms with Crippen LogP contribution in [0.4, 0.5) is 5.69 Å². The van der Waals surface area contributed by atoms with Gasteiger partial charge in [-0.2, -0.15) is 5.26 Å². The number of carbonyl (C=O) groups is 1. The second-order valence-corrected chi connectivity index (χ2v) is 5.55. The fraction of sp³-hybridized carbons (Fsp3) is 0.500. The molecule has 0 spiro atoms. The molecule has 0 saturated heterocycles. The second-order valence-electron chi connectivity index (χ2n) is 5.55. The minimum absolute atomic E-state index is 0.0365. The first-order valence-electron chi connectivity index (χ1n) is 6.83. The van der Waals surface area contributed by atoms with E-state index in [4.69, 9.17) is 5.26 Å². The Labute approximate surface area is 114 Å². The standard InChI is InChI=1S/C16H20N2O/c1-11(2)15(10-17)16(19)18(3)14-8-7-12-5-4-6-13(12)9-14/h7-9,11,15H,4-6H2,1-3H3. The maximum Gasteiger partial charge on any atom is 0.244 e. The molecule has 1 aromatic rings. The quantitative estimate of drug-likeness (QED) is 0.834. The third-order valence-corrected chi connectivity index (χ3v) is 3.87. The summed E-state index contributed by atoms with van der Waals surface area (Å²) in [7, 11) is 1.76. The first kappa shape index (κ1) is 13.6. The van der Waals surface area contributed by atoms with Gasteiger partial charge >= 0.3 is 0 Å². The molecule has 19 heavy (non-hydrogen) atoms. The predicted molar refractivity (Wildman–Crippen MR) is 75.8 cm³/mol. The molecule has 0 N–H and O–H groups in total. The van der Waals surface area contributed by atoms with Crippen LogP contribution in [0.15, 0.2) is 18.2 Å². The van der Waals surface area contributed by atoms with Crippen molar-refractivity contribution in [3.8, 4) is 6.07 Å². The second kappa shape index (κ2) is 5.44. The first-order valence-corrected chi connectivity index (χ1v) is 6.83. The molecule has 1 aliphatic rings. The molecule has 1 aromatic carbocycles. The van der Waals surface area contributed by atoms with Gasteiger partial charge in [-0.05, 0) is 48.4 Å². The van der Waals surface area contributed by atoms with Gasteiger partial charge in [0.2, 0.25) is 5.91 Å². The number of hydrogen-bond donors (Lipinski definition) is 0. The Kier molecular flexibility index (Phi) is 3.90. The number of amides is 1. The van der Waals surface area contributed by atoms with Crippen molar-refractivity contribution in [2.24, 2.45) is 11.8 Å². The van der Waals surface area contributed by atoms with Gasteiger partial charge in [-0.1, -0.05) is 19.9 Å². The number of anilines is 1. The largest absolute Gasteiger partial charge is 0.314 e. The molecule has 1 amide bonds. The molecule has 3 heteroatoms. The van der Waals surface area contributed by atoms with E-state index in [1.54, 1.807) is 11.9 Å². The van der Waals surface area contributed by atoms with Crippen LogP contribution in [0.25, 0.3) is 0 Å². The van der Waals surface area contributed by atoms with E-state index in [9.17, 15) is 4.79 Å². The zero-order valence-corrected chi connectivity index (χ0v) is 11.8. The third kappa shape index (κ3) is 2.63. The lowest BCUT2D eigenvalue weighted by Crippen LogP contribution is -2.34. The van der Waals surface area contributed by atoms with E-state index in [2.05, 4.69) is 18.2 Å². The number of aryl methyl sites for hydroxylation is 2. The molecule has 0 bridgehead atoms. The van der Waals surface area contributed by atoms with Gasteiger partial charge in [-0.3, -0.25) is 4.79 Å². The highest BCUT2D eigenvalue weighted by atomic mass is 16.2. The van der Waals surface area contributed by atoms with Gasteiger partial charge in [0.15, 0.2) is 0 Å². The maximum atomic E-state index is 12.3. The zero-order valence-electron chi connectivity index (χ0n) is 11.8. The molecule has 1 aliphatic carbocycles. The fourth-order valence-corrected chi connectivity index (χ4v) is 2.59. The van der Waals surface area contributed by atoms with Gasteiger partial charge in [0.05, 0.1) is 6.07 Å². The van der Waals surface area contributed by atoms with Gasteiger partial charge in [-0.15, -0.1) is 0 Å². The molecule has 0 aromatic heterocycles. The molecule has 0 heterocycles. The number of benzene rings is 1. The summed E-state index contributed by atoms with van der Waals surface area (Å²) in [6.45, 7) is 3.81. The van der Waals surface area contributed by atoms with Crippen LogP contribution in [0, 0.1) is 23.2 Å². The predicted octanol–water partition coefficient (Wildman–Crippen LogP) is 2.93. The zero-order chi connectivity index (χ0) is 14.0. The van der Waals surface area contributed by atoms with E-state index in [0.29, 0.717) is 0 Å². The Morgan fingerprint density at radius 3 is 2.63 bits per heavy atom. The molecule has 100 valence electrons. The molecular weight excluding hydrogens is 236 g/mol. The van der Waals surface area contributed by atoms with Crippen molar-refractivity contribution < 1.29 is 4.79 Å². The van der Waals surface area contributed by atoms with E-state index in [-0.39, 0.29) is 11.8 Å². The van der Waals surface area contributed by atoms with E-state index in [1.165, 1.54) is 17.5 Å². The van der Waals surface area contributed by atoms with Crippen LogP contribution in [0.5, 0.6) is 0 Å². The van der Waals surface area contributed by atoms with E-state index in [1.807, 2.05) is 19.9 Å². The molecule has 0 radical (unpaired) electrons. The summed E-state index contributed by atoms with van der Waals surface area (Å²) in [6, 6.07) is 8.30. The molecule has 3 nitrogen and oxygen atoms in total. The van der Waals surface area contributed by atoms with Crippen molar-refractivity contribution >= 4 is 11.6 Å². The summed E-state index contributed by atoms with van der Waals surface area (Å²) in [5.74, 6) is -0.650. The van der Waals surface area contributed by atoms with Crippen LogP contribution in [-0.2, 0) is 17.6 Å².